The summed E-state index contributed by atoms with van der Waals surface area (Å²) in [4.78, 5) is 19.4. The predicted molar refractivity (Wildman–Crippen MR) is 64.0 cm³/mol. The number of anilines is 1. The monoisotopic (exact) mass is 228 g/mol. The lowest BCUT2D eigenvalue weighted by atomic mass is 10.2. The van der Waals surface area contributed by atoms with Crippen molar-refractivity contribution in [2.24, 2.45) is 0 Å². The molecule has 1 aliphatic heterocycles. The Morgan fingerprint density at radius 3 is 3.18 bits per heavy atom. The zero-order valence-electron chi connectivity index (χ0n) is 9.26. The summed E-state index contributed by atoms with van der Waals surface area (Å²) in [6, 6.07) is 3.82. The zero-order chi connectivity index (χ0) is 11.7. The molecule has 0 saturated carbocycles. The Balaban J connectivity index is 2.17. The quantitative estimate of drug-likeness (QED) is 0.793. The van der Waals surface area contributed by atoms with Crippen LogP contribution in [0.15, 0.2) is 24.5 Å². The third kappa shape index (κ3) is 1.60. The van der Waals surface area contributed by atoms with Crippen molar-refractivity contribution in [3.63, 3.8) is 0 Å². The Bertz CT molecular complexity index is 547. The van der Waals surface area contributed by atoms with Gasteiger partial charge in [0.05, 0.1) is 0 Å². The van der Waals surface area contributed by atoms with E-state index in [0.717, 1.165) is 43.0 Å². The molecule has 1 N–H and O–H groups in total. The number of hydrogen-bond acceptors (Lipinski definition) is 4. The number of fused-ring (bicyclic) bond motifs is 1. The van der Waals surface area contributed by atoms with Gasteiger partial charge in [-0.1, -0.05) is 0 Å². The van der Waals surface area contributed by atoms with Crippen LogP contribution in [-0.4, -0.2) is 27.4 Å². The molecule has 1 aliphatic rings. The van der Waals surface area contributed by atoms with Gasteiger partial charge in [0, 0.05) is 31.0 Å². The summed E-state index contributed by atoms with van der Waals surface area (Å²) >= 11 is 0. The molecule has 86 valence electrons. The van der Waals surface area contributed by atoms with E-state index < -0.39 is 0 Å². The summed E-state index contributed by atoms with van der Waals surface area (Å²) in [7, 11) is 0. The van der Waals surface area contributed by atoms with Gasteiger partial charge in [0.2, 0.25) is 0 Å². The van der Waals surface area contributed by atoms with Crippen molar-refractivity contribution in [3.8, 4) is 11.4 Å². The second kappa shape index (κ2) is 4.01. The number of aldehydes is 1. The molecule has 17 heavy (non-hydrogen) atoms. The molecule has 0 aromatic carbocycles. The molecule has 0 bridgehead atoms. The highest BCUT2D eigenvalue weighted by molar-refractivity contribution is 5.82. The van der Waals surface area contributed by atoms with Crippen molar-refractivity contribution >= 4 is 12.1 Å². The van der Waals surface area contributed by atoms with Gasteiger partial charge in [0.1, 0.15) is 17.3 Å². The Morgan fingerprint density at radius 2 is 2.41 bits per heavy atom. The smallest absolute Gasteiger partial charge is 0.172 e. The molecule has 0 spiro atoms. The normalized spacial score (nSPS) is 13.9. The molecule has 5 heteroatoms. The Labute approximate surface area is 98.5 Å². The number of nitrogens with zero attached hydrogens (tertiary/aromatic N) is 3. The average Bonchev–Trinajstić information content (AvgIpc) is 2.78. The van der Waals surface area contributed by atoms with Crippen LogP contribution in [0.3, 0.4) is 0 Å². The number of nitrogens with one attached hydrogen (secondary N) is 1. The van der Waals surface area contributed by atoms with Gasteiger partial charge in [-0.15, -0.1) is 0 Å². The van der Waals surface area contributed by atoms with Crippen molar-refractivity contribution in [2.75, 3.05) is 11.9 Å². The number of rotatable bonds is 2. The van der Waals surface area contributed by atoms with E-state index in [-0.39, 0.29) is 0 Å². The van der Waals surface area contributed by atoms with E-state index in [2.05, 4.69) is 15.3 Å². The second-order valence-electron chi connectivity index (χ2n) is 3.96. The summed E-state index contributed by atoms with van der Waals surface area (Å²) in [5.41, 5.74) is 1.41. The molecule has 0 unspecified atom stereocenters. The molecule has 0 radical (unpaired) electrons. The van der Waals surface area contributed by atoms with Crippen LogP contribution in [0, 0.1) is 0 Å². The van der Waals surface area contributed by atoms with Gasteiger partial charge in [-0.25, -0.2) is 4.98 Å². The lowest BCUT2D eigenvalue weighted by Gasteiger charge is -2.18. The minimum atomic E-state index is 0.476. The molecule has 0 fully saturated rings. The van der Waals surface area contributed by atoms with Crippen molar-refractivity contribution in [2.45, 2.75) is 13.0 Å². The summed E-state index contributed by atoms with van der Waals surface area (Å²) in [5.74, 6) is 1.63. The first-order chi connectivity index (χ1) is 8.40. The first-order valence-electron chi connectivity index (χ1n) is 5.60. The molecule has 0 aliphatic carbocycles. The highest BCUT2D eigenvalue weighted by Gasteiger charge is 2.20. The van der Waals surface area contributed by atoms with E-state index in [0.29, 0.717) is 5.69 Å². The van der Waals surface area contributed by atoms with Crippen LogP contribution in [0.5, 0.6) is 0 Å². The van der Waals surface area contributed by atoms with Crippen LogP contribution in [-0.2, 0) is 6.54 Å². The third-order valence-corrected chi connectivity index (χ3v) is 2.88. The van der Waals surface area contributed by atoms with Gasteiger partial charge < -0.3 is 9.88 Å². The summed E-state index contributed by atoms with van der Waals surface area (Å²) in [6.07, 6.45) is 5.32. The maximum Gasteiger partial charge on any atom is 0.172 e. The lowest BCUT2D eigenvalue weighted by molar-refractivity contribution is 0.112. The Kier molecular flexibility index (Phi) is 2.36. The highest BCUT2D eigenvalue weighted by atomic mass is 16.1. The SMILES string of the molecule is O=Cc1nc(-c2cccnc2)n2c1NCCC2. The predicted octanol–water partition coefficient (Wildman–Crippen LogP) is 1.57. The standard InChI is InChI=1S/C12H12N4O/c17-8-10-12-14-5-2-6-16(12)11(15-10)9-3-1-4-13-7-9/h1,3-4,7-8,14H,2,5-6H2. The van der Waals surface area contributed by atoms with Crippen molar-refractivity contribution < 1.29 is 4.79 Å². The van der Waals surface area contributed by atoms with Crippen LogP contribution in [0.2, 0.25) is 0 Å². The molecule has 0 saturated heterocycles. The van der Waals surface area contributed by atoms with Crippen LogP contribution >= 0.6 is 0 Å². The topological polar surface area (TPSA) is 59.8 Å². The lowest BCUT2D eigenvalue weighted by Crippen LogP contribution is -2.18. The zero-order valence-corrected chi connectivity index (χ0v) is 9.26. The van der Waals surface area contributed by atoms with Crippen molar-refractivity contribution in [1.82, 2.24) is 14.5 Å². The van der Waals surface area contributed by atoms with Gasteiger partial charge in [0.25, 0.3) is 0 Å². The van der Waals surface area contributed by atoms with E-state index in [4.69, 9.17) is 0 Å². The Hall–Kier alpha value is -2.17. The maximum absolute atomic E-state index is 11.0. The molecule has 5 nitrogen and oxygen atoms in total. The van der Waals surface area contributed by atoms with E-state index >= 15 is 0 Å². The number of aromatic nitrogens is 3. The minimum absolute atomic E-state index is 0.476. The van der Waals surface area contributed by atoms with Crippen LogP contribution < -0.4 is 5.32 Å². The number of carbonyl (C=O) groups is 1. The summed E-state index contributed by atoms with van der Waals surface area (Å²) in [5, 5.41) is 3.22. The molecule has 2 aromatic rings. The van der Waals surface area contributed by atoms with Crippen LogP contribution in [0.1, 0.15) is 16.9 Å². The second-order valence-corrected chi connectivity index (χ2v) is 3.96. The summed E-state index contributed by atoms with van der Waals surface area (Å²) in [6.45, 7) is 1.77. The number of pyridine rings is 1. The molecule has 3 rings (SSSR count). The van der Waals surface area contributed by atoms with Gasteiger partial charge in [-0.2, -0.15) is 0 Å². The Morgan fingerprint density at radius 1 is 1.47 bits per heavy atom. The summed E-state index contributed by atoms with van der Waals surface area (Å²) < 4.78 is 2.05. The molecular weight excluding hydrogens is 216 g/mol. The van der Waals surface area contributed by atoms with Crippen molar-refractivity contribution in [3.05, 3.63) is 30.2 Å². The fourth-order valence-corrected chi connectivity index (χ4v) is 2.12. The fourth-order valence-electron chi connectivity index (χ4n) is 2.12. The molecule has 3 heterocycles. The van der Waals surface area contributed by atoms with Gasteiger partial charge in [-0.05, 0) is 18.6 Å². The molecular formula is C12H12N4O. The largest absolute Gasteiger partial charge is 0.369 e. The minimum Gasteiger partial charge on any atom is -0.369 e. The maximum atomic E-state index is 11.0. The van der Waals surface area contributed by atoms with Gasteiger partial charge in [0.15, 0.2) is 6.29 Å². The van der Waals surface area contributed by atoms with Crippen LogP contribution in [0.25, 0.3) is 11.4 Å². The number of imidazole rings is 1. The number of hydrogen-bond donors (Lipinski definition) is 1. The molecule has 2 aromatic heterocycles. The van der Waals surface area contributed by atoms with Crippen LogP contribution in [0.4, 0.5) is 5.82 Å². The van der Waals surface area contributed by atoms with E-state index in [1.807, 2.05) is 16.7 Å². The average molecular weight is 228 g/mol. The first-order valence-corrected chi connectivity index (χ1v) is 5.60. The third-order valence-electron chi connectivity index (χ3n) is 2.88. The van der Waals surface area contributed by atoms with Crippen molar-refractivity contribution in [1.29, 1.82) is 0 Å². The van der Waals surface area contributed by atoms with Gasteiger partial charge >= 0.3 is 0 Å². The molecule has 0 atom stereocenters. The van der Waals surface area contributed by atoms with E-state index in [9.17, 15) is 4.79 Å². The van der Waals surface area contributed by atoms with Gasteiger partial charge in [-0.3, -0.25) is 9.78 Å². The fraction of sp³-hybridized carbons (Fsp3) is 0.250. The van der Waals surface area contributed by atoms with E-state index in [1.165, 1.54) is 0 Å². The first kappa shape index (κ1) is 10.0. The highest BCUT2D eigenvalue weighted by Crippen LogP contribution is 2.27. The number of carbonyl (C=O) groups excluding carboxylic acids is 1. The molecule has 0 amide bonds. The van der Waals surface area contributed by atoms with E-state index in [1.54, 1.807) is 12.4 Å².